The number of aryl methyl sites for hydroxylation is 2. The SMILES string of the molecule is Cc1cc(C)c(OCC(=O)N/N=C/c2cc(Br)c(Br)o2)c(Br)c1. The van der Waals surface area contributed by atoms with E-state index in [2.05, 4.69) is 58.3 Å². The van der Waals surface area contributed by atoms with Crippen LogP contribution in [0.1, 0.15) is 16.9 Å². The van der Waals surface area contributed by atoms with Crippen LogP contribution in [0.2, 0.25) is 0 Å². The Morgan fingerprint density at radius 1 is 1.26 bits per heavy atom. The topological polar surface area (TPSA) is 63.8 Å². The van der Waals surface area contributed by atoms with E-state index in [1.54, 1.807) is 6.07 Å². The van der Waals surface area contributed by atoms with Crippen LogP contribution in [-0.2, 0) is 4.79 Å². The molecular formula is C15H13Br3N2O3. The molecule has 0 saturated heterocycles. The molecule has 0 atom stereocenters. The van der Waals surface area contributed by atoms with Crippen LogP contribution in [0.15, 0.2) is 41.3 Å². The number of rotatable bonds is 5. The average molecular weight is 509 g/mol. The molecular weight excluding hydrogens is 496 g/mol. The smallest absolute Gasteiger partial charge is 0.277 e. The first kappa shape index (κ1) is 18.2. The van der Waals surface area contributed by atoms with E-state index < -0.39 is 0 Å². The summed E-state index contributed by atoms with van der Waals surface area (Å²) in [6, 6.07) is 5.65. The number of nitrogens with zero attached hydrogens (tertiary/aromatic N) is 1. The van der Waals surface area contributed by atoms with Gasteiger partial charge in [0.25, 0.3) is 5.91 Å². The standard InChI is InChI=1S/C15H13Br3N2O3/c1-8-3-9(2)14(11(16)4-8)22-7-13(21)20-19-6-10-5-12(17)15(18)23-10/h3-6H,7H2,1-2H3,(H,20,21)/b19-6+. The summed E-state index contributed by atoms with van der Waals surface area (Å²) in [6.07, 6.45) is 1.40. The van der Waals surface area contributed by atoms with E-state index >= 15 is 0 Å². The van der Waals surface area contributed by atoms with Gasteiger partial charge in [0.2, 0.25) is 0 Å². The second-order valence-corrected chi connectivity index (χ2v) is 7.17. The number of hydrazone groups is 1. The molecule has 0 saturated carbocycles. The number of furan rings is 1. The van der Waals surface area contributed by atoms with Gasteiger partial charge in [0.15, 0.2) is 11.3 Å². The Morgan fingerprint density at radius 2 is 2.00 bits per heavy atom. The lowest BCUT2D eigenvalue weighted by Crippen LogP contribution is -2.24. The monoisotopic (exact) mass is 506 g/mol. The Kier molecular flexibility index (Phi) is 6.43. The van der Waals surface area contributed by atoms with Crippen molar-refractivity contribution in [1.82, 2.24) is 5.43 Å². The molecule has 0 unspecified atom stereocenters. The van der Waals surface area contributed by atoms with Crippen molar-refractivity contribution in [3.63, 3.8) is 0 Å². The lowest BCUT2D eigenvalue weighted by atomic mass is 10.1. The minimum Gasteiger partial charge on any atom is -0.482 e. The third kappa shape index (κ3) is 5.19. The highest BCUT2D eigenvalue weighted by Crippen LogP contribution is 2.30. The van der Waals surface area contributed by atoms with E-state index in [-0.39, 0.29) is 12.5 Å². The first-order chi connectivity index (χ1) is 10.9. The van der Waals surface area contributed by atoms with Crippen LogP contribution in [0.3, 0.4) is 0 Å². The summed E-state index contributed by atoms with van der Waals surface area (Å²) in [7, 11) is 0. The number of benzene rings is 1. The van der Waals surface area contributed by atoms with Crippen LogP contribution in [0.25, 0.3) is 0 Å². The van der Waals surface area contributed by atoms with Gasteiger partial charge in [-0.1, -0.05) is 6.07 Å². The quantitative estimate of drug-likeness (QED) is 0.470. The van der Waals surface area contributed by atoms with Gasteiger partial charge in [0.1, 0.15) is 11.5 Å². The largest absolute Gasteiger partial charge is 0.482 e. The van der Waals surface area contributed by atoms with E-state index in [0.717, 1.165) is 20.1 Å². The van der Waals surface area contributed by atoms with Crippen LogP contribution in [0, 0.1) is 13.8 Å². The van der Waals surface area contributed by atoms with Gasteiger partial charge in [0, 0.05) is 6.07 Å². The van der Waals surface area contributed by atoms with Crippen molar-refractivity contribution in [3.05, 3.63) is 48.7 Å². The fraction of sp³-hybridized carbons (Fsp3) is 0.200. The molecule has 122 valence electrons. The van der Waals surface area contributed by atoms with Crippen molar-refractivity contribution >= 4 is 59.9 Å². The first-order valence-electron chi connectivity index (χ1n) is 6.53. The normalized spacial score (nSPS) is 11.0. The number of carbonyl (C=O) groups excluding carboxylic acids is 1. The summed E-state index contributed by atoms with van der Waals surface area (Å²) in [6.45, 7) is 3.79. The number of amides is 1. The molecule has 1 N–H and O–H groups in total. The van der Waals surface area contributed by atoms with Crippen molar-refractivity contribution in [3.8, 4) is 5.75 Å². The Hall–Kier alpha value is -1.12. The van der Waals surface area contributed by atoms with Gasteiger partial charge in [0.05, 0.1) is 15.2 Å². The van der Waals surface area contributed by atoms with E-state index in [0.29, 0.717) is 16.2 Å². The fourth-order valence-corrected chi connectivity index (χ4v) is 3.25. The molecule has 0 aliphatic heterocycles. The molecule has 0 bridgehead atoms. The zero-order valence-corrected chi connectivity index (χ0v) is 17.1. The molecule has 2 aromatic rings. The van der Waals surface area contributed by atoms with Crippen molar-refractivity contribution in [1.29, 1.82) is 0 Å². The third-order valence-corrected chi connectivity index (χ3v) is 5.07. The third-order valence-electron chi connectivity index (χ3n) is 2.77. The summed E-state index contributed by atoms with van der Waals surface area (Å²) < 4.78 is 13.0. The minimum absolute atomic E-state index is 0.134. The summed E-state index contributed by atoms with van der Waals surface area (Å²) in [5, 5.41) is 3.82. The zero-order valence-electron chi connectivity index (χ0n) is 12.3. The molecule has 8 heteroatoms. The van der Waals surface area contributed by atoms with Crippen molar-refractivity contribution < 1.29 is 13.9 Å². The lowest BCUT2D eigenvalue weighted by Gasteiger charge is -2.11. The van der Waals surface area contributed by atoms with Gasteiger partial charge in [-0.15, -0.1) is 0 Å². The second kappa shape index (κ2) is 8.12. The summed E-state index contributed by atoms with van der Waals surface area (Å²) >= 11 is 9.94. The van der Waals surface area contributed by atoms with Crippen LogP contribution in [-0.4, -0.2) is 18.7 Å². The molecule has 0 spiro atoms. The van der Waals surface area contributed by atoms with E-state index in [4.69, 9.17) is 9.15 Å². The summed E-state index contributed by atoms with van der Waals surface area (Å²) in [5.74, 6) is 0.786. The van der Waals surface area contributed by atoms with Crippen molar-refractivity contribution in [2.75, 3.05) is 6.61 Å². The molecule has 23 heavy (non-hydrogen) atoms. The Labute approximate surface area is 158 Å². The number of nitrogens with one attached hydrogen (secondary N) is 1. The van der Waals surface area contributed by atoms with Crippen LogP contribution in [0.4, 0.5) is 0 Å². The van der Waals surface area contributed by atoms with Gasteiger partial charge >= 0.3 is 0 Å². The molecule has 1 aromatic heterocycles. The highest BCUT2D eigenvalue weighted by molar-refractivity contribution is 9.13. The van der Waals surface area contributed by atoms with E-state index in [9.17, 15) is 4.79 Å². The maximum absolute atomic E-state index is 11.8. The van der Waals surface area contributed by atoms with E-state index in [1.807, 2.05) is 26.0 Å². The molecule has 0 aliphatic rings. The van der Waals surface area contributed by atoms with Gasteiger partial charge in [-0.2, -0.15) is 5.10 Å². The summed E-state index contributed by atoms with van der Waals surface area (Å²) in [5.41, 5.74) is 4.45. The molecule has 0 fully saturated rings. The number of hydrogen-bond donors (Lipinski definition) is 1. The Morgan fingerprint density at radius 3 is 2.61 bits per heavy atom. The minimum atomic E-state index is -0.363. The Balaban J connectivity index is 1.88. The number of hydrogen-bond acceptors (Lipinski definition) is 4. The first-order valence-corrected chi connectivity index (χ1v) is 8.91. The number of ether oxygens (including phenoxy) is 1. The van der Waals surface area contributed by atoms with Crippen molar-refractivity contribution in [2.45, 2.75) is 13.8 Å². The number of carbonyl (C=O) groups is 1. The average Bonchev–Trinajstić information content (AvgIpc) is 2.76. The van der Waals surface area contributed by atoms with Gasteiger partial charge in [-0.3, -0.25) is 4.79 Å². The molecule has 5 nitrogen and oxygen atoms in total. The maximum atomic E-state index is 11.8. The molecule has 1 amide bonds. The number of halogens is 3. The van der Waals surface area contributed by atoms with Crippen LogP contribution >= 0.6 is 47.8 Å². The molecule has 1 heterocycles. The fourth-order valence-electron chi connectivity index (χ4n) is 1.85. The van der Waals surface area contributed by atoms with Gasteiger partial charge in [-0.25, -0.2) is 5.43 Å². The van der Waals surface area contributed by atoms with Crippen LogP contribution < -0.4 is 10.2 Å². The van der Waals surface area contributed by atoms with Crippen LogP contribution in [0.5, 0.6) is 5.75 Å². The predicted molar refractivity (Wildman–Crippen MR) is 99.0 cm³/mol. The molecule has 0 aliphatic carbocycles. The Bertz CT molecular complexity index is 714. The lowest BCUT2D eigenvalue weighted by molar-refractivity contribution is -0.123. The highest BCUT2D eigenvalue weighted by atomic mass is 79.9. The molecule has 1 aromatic carbocycles. The zero-order chi connectivity index (χ0) is 17.0. The second-order valence-electron chi connectivity index (χ2n) is 4.75. The van der Waals surface area contributed by atoms with Gasteiger partial charge < -0.3 is 9.15 Å². The molecule has 0 radical (unpaired) electrons. The van der Waals surface area contributed by atoms with Crippen molar-refractivity contribution in [2.24, 2.45) is 5.10 Å². The maximum Gasteiger partial charge on any atom is 0.277 e. The summed E-state index contributed by atoms with van der Waals surface area (Å²) in [4.78, 5) is 11.8. The van der Waals surface area contributed by atoms with E-state index in [1.165, 1.54) is 6.21 Å². The molecule has 2 rings (SSSR count). The van der Waals surface area contributed by atoms with Gasteiger partial charge in [-0.05, 0) is 78.8 Å². The predicted octanol–water partition coefficient (Wildman–Crippen LogP) is 4.71. The highest BCUT2D eigenvalue weighted by Gasteiger charge is 2.09.